The molecule has 0 amide bonds. The van der Waals surface area contributed by atoms with Gasteiger partial charge in [0.1, 0.15) is 0 Å². The van der Waals surface area contributed by atoms with Crippen LogP contribution in [0.5, 0.6) is 0 Å². The molecule has 0 aromatic heterocycles. The summed E-state index contributed by atoms with van der Waals surface area (Å²) < 4.78 is 5.53. The molecular formula is C14H22O2. The Morgan fingerprint density at radius 2 is 1.88 bits per heavy atom. The van der Waals surface area contributed by atoms with E-state index in [-0.39, 0.29) is 0 Å². The van der Waals surface area contributed by atoms with Gasteiger partial charge in [0.2, 0.25) is 0 Å². The number of aliphatic hydroxyl groups excluding tert-OH is 1. The molecule has 16 heavy (non-hydrogen) atoms. The number of aryl methyl sites for hydroxylation is 1. The lowest BCUT2D eigenvalue weighted by atomic mass is 9.95. The SMILES string of the molecule is CCOC(C)(C)C(O)CCc1ccccc1. The van der Waals surface area contributed by atoms with E-state index in [1.807, 2.05) is 39.0 Å². The summed E-state index contributed by atoms with van der Waals surface area (Å²) in [6.45, 7) is 6.46. The second-order valence-electron chi connectivity index (χ2n) is 4.58. The van der Waals surface area contributed by atoms with Crippen molar-refractivity contribution in [2.45, 2.75) is 45.3 Å². The van der Waals surface area contributed by atoms with Gasteiger partial charge in [-0.15, -0.1) is 0 Å². The normalized spacial score (nSPS) is 13.8. The van der Waals surface area contributed by atoms with Crippen molar-refractivity contribution in [3.63, 3.8) is 0 Å². The van der Waals surface area contributed by atoms with Gasteiger partial charge in [-0.05, 0) is 39.2 Å². The van der Waals surface area contributed by atoms with Crippen molar-refractivity contribution in [1.29, 1.82) is 0 Å². The van der Waals surface area contributed by atoms with Crippen molar-refractivity contribution >= 4 is 0 Å². The third-order valence-corrected chi connectivity index (χ3v) is 2.87. The van der Waals surface area contributed by atoms with Gasteiger partial charge in [0, 0.05) is 6.61 Å². The lowest BCUT2D eigenvalue weighted by molar-refractivity contribution is -0.0984. The van der Waals surface area contributed by atoms with Gasteiger partial charge in [0.05, 0.1) is 11.7 Å². The molecule has 1 unspecified atom stereocenters. The van der Waals surface area contributed by atoms with Crippen molar-refractivity contribution in [1.82, 2.24) is 0 Å². The summed E-state index contributed by atoms with van der Waals surface area (Å²) in [6, 6.07) is 10.2. The zero-order valence-corrected chi connectivity index (χ0v) is 10.4. The minimum atomic E-state index is -0.455. The molecule has 0 radical (unpaired) electrons. The molecule has 1 atom stereocenters. The molecule has 0 aliphatic carbocycles. The van der Waals surface area contributed by atoms with E-state index < -0.39 is 11.7 Å². The summed E-state index contributed by atoms with van der Waals surface area (Å²) in [5.74, 6) is 0. The first-order chi connectivity index (χ1) is 7.56. The Labute approximate surface area is 98.3 Å². The molecule has 0 aliphatic heterocycles. The second kappa shape index (κ2) is 6.02. The molecule has 2 nitrogen and oxygen atoms in total. The number of ether oxygens (including phenoxy) is 1. The maximum absolute atomic E-state index is 10.0. The molecule has 1 aromatic carbocycles. The number of hydrogen-bond donors (Lipinski definition) is 1. The Morgan fingerprint density at radius 3 is 2.44 bits per heavy atom. The highest BCUT2D eigenvalue weighted by Gasteiger charge is 2.27. The van der Waals surface area contributed by atoms with Crippen LogP contribution in [0.4, 0.5) is 0 Å². The largest absolute Gasteiger partial charge is 0.390 e. The first-order valence-electron chi connectivity index (χ1n) is 5.92. The maximum Gasteiger partial charge on any atom is 0.0884 e. The van der Waals surface area contributed by atoms with E-state index in [1.54, 1.807) is 0 Å². The quantitative estimate of drug-likeness (QED) is 0.802. The molecule has 0 bridgehead atoms. The molecule has 0 saturated heterocycles. The van der Waals surface area contributed by atoms with Gasteiger partial charge in [0.25, 0.3) is 0 Å². The molecular weight excluding hydrogens is 200 g/mol. The number of rotatable bonds is 6. The standard InChI is InChI=1S/C14H22O2/c1-4-16-14(2,3)13(15)11-10-12-8-6-5-7-9-12/h5-9,13,15H,4,10-11H2,1-3H3. The van der Waals surface area contributed by atoms with E-state index >= 15 is 0 Å². The molecule has 1 aromatic rings. The van der Waals surface area contributed by atoms with Gasteiger partial charge in [-0.3, -0.25) is 0 Å². The predicted molar refractivity (Wildman–Crippen MR) is 66.5 cm³/mol. The summed E-state index contributed by atoms with van der Waals surface area (Å²) in [5, 5.41) is 10.0. The Kier molecular flexibility index (Phi) is 4.97. The van der Waals surface area contributed by atoms with E-state index in [4.69, 9.17) is 4.74 Å². The molecule has 2 heteroatoms. The highest BCUT2D eigenvalue weighted by molar-refractivity contribution is 5.14. The van der Waals surface area contributed by atoms with Crippen molar-refractivity contribution < 1.29 is 9.84 Å². The van der Waals surface area contributed by atoms with Crippen LogP contribution in [0.2, 0.25) is 0 Å². The fourth-order valence-corrected chi connectivity index (χ4v) is 1.76. The Bertz CT molecular complexity index is 293. The average Bonchev–Trinajstić information content (AvgIpc) is 2.27. The van der Waals surface area contributed by atoms with Crippen LogP contribution >= 0.6 is 0 Å². The minimum absolute atomic E-state index is 0.423. The van der Waals surface area contributed by atoms with Crippen LogP contribution in [-0.4, -0.2) is 23.4 Å². The van der Waals surface area contributed by atoms with Crippen LogP contribution < -0.4 is 0 Å². The Hall–Kier alpha value is -0.860. The lowest BCUT2D eigenvalue weighted by Crippen LogP contribution is -2.39. The van der Waals surface area contributed by atoms with Gasteiger partial charge in [-0.1, -0.05) is 30.3 Å². The van der Waals surface area contributed by atoms with Gasteiger partial charge in [0.15, 0.2) is 0 Å². The van der Waals surface area contributed by atoms with E-state index in [0.29, 0.717) is 6.61 Å². The van der Waals surface area contributed by atoms with Crippen LogP contribution in [-0.2, 0) is 11.2 Å². The molecule has 0 aliphatic rings. The summed E-state index contributed by atoms with van der Waals surface area (Å²) in [4.78, 5) is 0. The summed E-state index contributed by atoms with van der Waals surface area (Å²) in [5.41, 5.74) is 0.803. The number of hydrogen-bond acceptors (Lipinski definition) is 2. The minimum Gasteiger partial charge on any atom is -0.390 e. The second-order valence-corrected chi connectivity index (χ2v) is 4.58. The number of benzene rings is 1. The van der Waals surface area contributed by atoms with E-state index in [2.05, 4.69) is 12.1 Å². The van der Waals surface area contributed by atoms with Gasteiger partial charge in [-0.25, -0.2) is 0 Å². The van der Waals surface area contributed by atoms with Crippen LogP contribution in [0.1, 0.15) is 32.8 Å². The maximum atomic E-state index is 10.0. The summed E-state index contributed by atoms with van der Waals surface area (Å²) >= 11 is 0. The van der Waals surface area contributed by atoms with Gasteiger partial charge in [-0.2, -0.15) is 0 Å². The Balaban J connectivity index is 2.43. The van der Waals surface area contributed by atoms with Gasteiger partial charge >= 0.3 is 0 Å². The average molecular weight is 222 g/mol. The molecule has 1 N–H and O–H groups in total. The topological polar surface area (TPSA) is 29.5 Å². The Morgan fingerprint density at radius 1 is 1.25 bits per heavy atom. The van der Waals surface area contributed by atoms with Crippen LogP contribution in [0, 0.1) is 0 Å². The summed E-state index contributed by atoms with van der Waals surface area (Å²) in [6.07, 6.45) is 1.20. The first kappa shape index (κ1) is 13.2. The zero-order chi connectivity index (χ0) is 12.0. The highest BCUT2D eigenvalue weighted by Crippen LogP contribution is 2.19. The third kappa shape index (κ3) is 3.95. The smallest absolute Gasteiger partial charge is 0.0884 e. The lowest BCUT2D eigenvalue weighted by Gasteiger charge is -2.30. The van der Waals surface area contributed by atoms with Crippen LogP contribution in [0.25, 0.3) is 0 Å². The van der Waals surface area contributed by atoms with Gasteiger partial charge < -0.3 is 9.84 Å². The fourth-order valence-electron chi connectivity index (χ4n) is 1.76. The van der Waals surface area contributed by atoms with Crippen molar-refractivity contribution in [3.8, 4) is 0 Å². The summed E-state index contributed by atoms with van der Waals surface area (Å²) in [7, 11) is 0. The molecule has 0 spiro atoms. The molecule has 0 fully saturated rings. The van der Waals surface area contributed by atoms with E-state index in [1.165, 1.54) is 5.56 Å². The molecule has 1 rings (SSSR count). The zero-order valence-electron chi connectivity index (χ0n) is 10.4. The van der Waals surface area contributed by atoms with Crippen molar-refractivity contribution in [2.24, 2.45) is 0 Å². The predicted octanol–water partition coefficient (Wildman–Crippen LogP) is 2.80. The highest BCUT2D eigenvalue weighted by atomic mass is 16.5. The third-order valence-electron chi connectivity index (χ3n) is 2.87. The van der Waals surface area contributed by atoms with Crippen LogP contribution in [0.15, 0.2) is 30.3 Å². The number of aliphatic hydroxyl groups is 1. The van der Waals surface area contributed by atoms with Crippen LogP contribution in [0.3, 0.4) is 0 Å². The molecule has 0 saturated carbocycles. The first-order valence-corrected chi connectivity index (χ1v) is 5.92. The molecule has 0 heterocycles. The fraction of sp³-hybridized carbons (Fsp3) is 0.571. The monoisotopic (exact) mass is 222 g/mol. The van der Waals surface area contributed by atoms with Crippen molar-refractivity contribution in [3.05, 3.63) is 35.9 Å². The van der Waals surface area contributed by atoms with E-state index in [0.717, 1.165) is 12.8 Å². The van der Waals surface area contributed by atoms with Crippen molar-refractivity contribution in [2.75, 3.05) is 6.61 Å². The van der Waals surface area contributed by atoms with E-state index in [9.17, 15) is 5.11 Å². The molecule has 90 valence electrons.